The first-order valence-corrected chi connectivity index (χ1v) is 4.82. The average Bonchev–Trinajstić information content (AvgIpc) is 2.11. The number of carbonyl (C=O) groups excluding carboxylic acids is 2. The summed E-state index contributed by atoms with van der Waals surface area (Å²) in [6.45, 7) is 3.30. The Labute approximate surface area is 105 Å². The number of hydrogen-bond donors (Lipinski definition) is 4. The van der Waals surface area contributed by atoms with Crippen LogP contribution in [0.15, 0.2) is 0 Å². The van der Waals surface area contributed by atoms with Gasteiger partial charge in [-0.15, -0.1) is 12.4 Å². The topological polar surface area (TPSA) is 136 Å². The van der Waals surface area contributed by atoms with Gasteiger partial charge in [-0.2, -0.15) is 0 Å². The van der Waals surface area contributed by atoms with Crippen molar-refractivity contribution in [2.45, 2.75) is 32.4 Å². The minimum Gasteiger partial charge on any atom is -0.480 e. The number of primary amides is 1. The SMILES string of the molecule is CC(C)[C@H](NC(=O)[C@@H](N)CC(N)=O)C(=O)O.Cl. The van der Waals surface area contributed by atoms with Gasteiger partial charge in [-0.25, -0.2) is 4.79 Å². The van der Waals surface area contributed by atoms with Crippen molar-refractivity contribution in [2.75, 3.05) is 0 Å². The van der Waals surface area contributed by atoms with Crippen LogP contribution in [0.2, 0.25) is 0 Å². The van der Waals surface area contributed by atoms with Gasteiger partial charge in [-0.3, -0.25) is 9.59 Å². The van der Waals surface area contributed by atoms with Crippen molar-refractivity contribution >= 4 is 30.2 Å². The van der Waals surface area contributed by atoms with E-state index >= 15 is 0 Å². The van der Waals surface area contributed by atoms with Crippen molar-refractivity contribution in [2.24, 2.45) is 17.4 Å². The minimum absolute atomic E-state index is 0. The van der Waals surface area contributed by atoms with E-state index in [4.69, 9.17) is 16.6 Å². The van der Waals surface area contributed by atoms with Crippen LogP contribution in [0.1, 0.15) is 20.3 Å². The molecule has 0 aliphatic rings. The highest BCUT2D eigenvalue weighted by Gasteiger charge is 2.26. The summed E-state index contributed by atoms with van der Waals surface area (Å²) in [5, 5.41) is 11.1. The van der Waals surface area contributed by atoms with E-state index in [0.29, 0.717) is 0 Å². The predicted octanol–water partition coefficient (Wildman–Crippen LogP) is -1.16. The first-order chi connectivity index (χ1) is 7.25. The number of carboxylic acids is 1. The molecule has 0 spiro atoms. The summed E-state index contributed by atoms with van der Waals surface area (Å²) in [5.41, 5.74) is 10.2. The monoisotopic (exact) mass is 267 g/mol. The minimum atomic E-state index is -1.14. The van der Waals surface area contributed by atoms with Crippen molar-refractivity contribution in [1.82, 2.24) is 5.32 Å². The molecule has 0 saturated heterocycles. The highest BCUT2D eigenvalue weighted by molar-refractivity contribution is 5.90. The second kappa shape index (κ2) is 7.86. The maximum absolute atomic E-state index is 11.4. The summed E-state index contributed by atoms with van der Waals surface area (Å²) < 4.78 is 0. The molecule has 0 radical (unpaired) electrons. The Morgan fingerprint density at radius 1 is 1.29 bits per heavy atom. The third-order valence-corrected chi connectivity index (χ3v) is 1.99. The van der Waals surface area contributed by atoms with Crippen molar-refractivity contribution in [3.05, 3.63) is 0 Å². The molecule has 0 aromatic rings. The molecule has 0 rings (SSSR count). The zero-order valence-corrected chi connectivity index (χ0v) is 10.5. The molecule has 8 heteroatoms. The molecule has 2 amide bonds. The maximum atomic E-state index is 11.4. The molecular formula is C9H18ClN3O4. The summed E-state index contributed by atoms with van der Waals surface area (Å²) in [4.78, 5) is 32.7. The van der Waals surface area contributed by atoms with E-state index in [1.807, 2.05) is 0 Å². The summed E-state index contributed by atoms with van der Waals surface area (Å²) in [5.74, 6) is -2.82. The molecule has 0 bridgehead atoms. The van der Waals surface area contributed by atoms with Crippen LogP contribution in [-0.4, -0.2) is 35.0 Å². The fourth-order valence-electron chi connectivity index (χ4n) is 1.08. The Kier molecular flexibility index (Phi) is 8.34. The first-order valence-electron chi connectivity index (χ1n) is 4.82. The van der Waals surface area contributed by atoms with Crippen molar-refractivity contribution < 1.29 is 19.5 Å². The van der Waals surface area contributed by atoms with Crippen LogP contribution in [0.3, 0.4) is 0 Å². The van der Waals surface area contributed by atoms with Gasteiger partial charge in [-0.05, 0) is 5.92 Å². The fourth-order valence-corrected chi connectivity index (χ4v) is 1.08. The molecule has 0 aromatic heterocycles. The second-order valence-corrected chi connectivity index (χ2v) is 3.85. The number of amides is 2. The average molecular weight is 268 g/mol. The van der Waals surface area contributed by atoms with Crippen LogP contribution in [0.25, 0.3) is 0 Å². The van der Waals surface area contributed by atoms with Gasteiger partial charge < -0.3 is 21.9 Å². The number of carboxylic acid groups (broad SMARTS) is 1. The lowest BCUT2D eigenvalue weighted by atomic mass is 10.0. The summed E-state index contributed by atoms with van der Waals surface area (Å²) in [6.07, 6.45) is -0.309. The summed E-state index contributed by atoms with van der Waals surface area (Å²) >= 11 is 0. The van der Waals surface area contributed by atoms with Crippen LogP contribution >= 0.6 is 12.4 Å². The third kappa shape index (κ3) is 6.75. The zero-order valence-electron chi connectivity index (χ0n) is 9.67. The van der Waals surface area contributed by atoms with E-state index in [9.17, 15) is 14.4 Å². The molecule has 0 aromatic carbocycles. The molecule has 100 valence electrons. The van der Waals surface area contributed by atoms with Gasteiger partial charge in [-0.1, -0.05) is 13.8 Å². The maximum Gasteiger partial charge on any atom is 0.326 e. The molecule has 2 atom stereocenters. The number of hydrogen-bond acceptors (Lipinski definition) is 4. The van der Waals surface area contributed by atoms with E-state index in [2.05, 4.69) is 5.32 Å². The fraction of sp³-hybridized carbons (Fsp3) is 0.667. The highest BCUT2D eigenvalue weighted by Crippen LogP contribution is 2.02. The molecule has 0 aliphatic carbocycles. The number of halogens is 1. The molecule has 0 unspecified atom stereocenters. The van der Waals surface area contributed by atoms with Crippen LogP contribution in [0.4, 0.5) is 0 Å². The van der Waals surface area contributed by atoms with Crippen molar-refractivity contribution in [3.63, 3.8) is 0 Å². The van der Waals surface area contributed by atoms with E-state index in [1.165, 1.54) is 0 Å². The third-order valence-electron chi connectivity index (χ3n) is 1.99. The first kappa shape index (κ1) is 18.0. The second-order valence-electron chi connectivity index (χ2n) is 3.85. The molecule has 17 heavy (non-hydrogen) atoms. The van der Waals surface area contributed by atoms with Crippen LogP contribution < -0.4 is 16.8 Å². The highest BCUT2D eigenvalue weighted by atomic mass is 35.5. The van der Waals surface area contributed by atoms with E-state index < -0.39 is 29.9 Å². The Morgan fingerprint density at radius 2 is 1.76 bits per heavy atom. The van der Waals surface area contributed by atoms with Crippen LogP contribution in [0.5, 0.6) is 0 Å². The molecule has 0 fully saturated rings. The number of nitrogens with two attached hydrogens (primary N) is 2. The lowest BCUT2D eigenvalue weighted by Crippen LogP contribution is -2.51. The molecular weight excluding hydrogens is 250 g/mol. The smallest absolute Gasteiger partial charge is 0.326 e. The molecule has 0 saturated carbocycles. The zero-order chi connectivity index (χ0) is 12.9. The van der Waals surface area contributed by atoms with Gasteiger partial charge in [0, 0.05) is 0 Å². The lowest BCUT2D eigenvalue weighted by molar-refractivity contribution is -0.143. The van der Waals surface area contributed by atoms with Crippen molar-refractivity contribution in [3.8, 4) is 0 Å². The summed E-state index contributed by atoms with van der Waals surface area (Å²) in [6, 6.07) is -2.13. The normalized spacial score (nSPS) is 13.4. The molecule has 0 heterocycles. The predicted molar refractivity (Wildman–Crippen MR) is 63.4 cm³/mol. The van der Waals surface area contributed by atoms with Gasteiger partial charge in [0.1, 0.15) is 6.04 Å². The number of carbonyl (C=O) groups is 3. The van der Waals surface area contributed by atoms with Gasteiger partial charge in [0.05, 0.1) is 12.5 Å². The molecule has 0 aliphatic heterocycles. The van der Waals surface area contributed by atoms with Gasteiger partial charge in [0.15, 0.2) is 0 Å². The van der Waals surface area contributed by atoms with E-state index in [-0.39, 0.29) is 24.7 Å². The summed E-state index contributed by atoms with van der Waals surface area (Å²) in [7, 11) is 0. The molecule has 6 N–H and O–H groups in total. The van der Waals surface area contributed by atoms with Gasteiger partial charge in [0.2, 0.25) is 11.8 Å². The lowest BCUT2D eigenvalue weighted by Gasteiger charge is -2.19. The van der Waals surface area contributed by atoms with E-state index in [0.717, 1.165) is 0 Å². The van der Waals surface area contributed by atoms with E-state index in [1.54, 1.807) is 13.8 Å². The largest absolute Gasteiger partial charge is 0.480 e. The van der Waals surface area contributed by atoms with Crippen LogP contribution in [0, 0.1) is 5.92 Å². The van der Waals surface area contributed by atoms with Crippen LogP contribution in [-0.2, 0) is 14.4 Å². The Hall–Kier alpha value is -1.34. The molecule has 7 nitrogen and oxygen atoms in total. The van der Waals surface area contributed by atoms with Gasteiger partial charge in [0.25, 0.3) is 0 Å². The number of rotatable bonds is 6. The van der Waals surface area contributed by atoms with Gasteiger partial charge >= 0.3 is 5.97 Å². The standard InChI is InChI=1S/C9H17N3O4.ClH/c1-4(2)7(9(15)16)12-8(14)5(10)3-6(11)13;/h4-5,7H,3,10H2,1-2H3,(H2,11,13)(H,12,14)(H,15,16);1H/t5-,7-;/m0./s1. The Morgan fingerprint density at radius 3 is 2.06 bits per heavy atom. The Bertz CT molecular complexity index is 296. The quantitative estimate of drug-likeness (QED) is 0.481. The number of nitrogens with one attached hydrogen (secondary N) is 1. The Balaban J connectivity index is 0. The van der Waals surface area contributed by atoms with Crippen molar-refractivity contribution in [1.29, 1.82) is 0 Å². The number of aliphatic carboxylic acids is 1.